The second kappa shape index (κ2) is 2.25. The molecule has 0 aromatic rings. The molecule has 10 heavy (non-hydrogen) atoms. The minimum Gasteiger partial charge on any atom is -0.313 e. The van der Waals surface area contributed by atoms with Crippen LogP contribution in [0.2, 0.25) is 0 Å². The van der Waals surface area contributed by atoms with Crippen LogP contribution in [0.5, 0.6) is 0 Å². The summed E-state index contributed by atoms with van der Waals surface area (Å²) in [4.78, 5) is 0. The Kier molecular flexibility index (Phi) is 1.70. The third kappa shape index (κ3) is 1.02. The highest BCUT2D eigenvalue weighted by atomic mass is 14.8. The van der Waals surface area contributed by atoms with E-state index in [0.29, 0.717) is 5.92 Å². The number of rotatable bonds is 2. The fraction of sp³-hybridized carbons (Fsp3) is 0.875. The van der Waals surface area contributed by atoms with Gasteiger partial charge in [-0.2, -0.15) is 5.26 Å². The van der Waals surface area contributed by atoms with Gasteiger partial charge in [-0.15, -0.1) is 0 Å². The molecule has 0 spiro atoms. The predicted molar refractivity (Wildman–Crippen MR) is 40.1 cm³/mol. The molecular formula is C8H14N2. The summed E-state index contributed by atoms with van der Waals surface area (Å²) < 4.78 is 0. The Morgan fingerprint density at radius 1 is 1.60 bits per heavy atom. The van der Waals surface area contributed by atoms with Crippen molar-refractivity contribution < 1.29 is 0 Å². The predicted octanol–water partition coefficient (Wildman–Crippen LogP) is 1.27. The molecule has 0 aromatic carbocycles. The van der Waals surface area contributed by atoms with Gasteiger partial charge in [0.1, 0.15) is 5.54 Å². The van der Waals surface area contributed by atoms with E-state index in [0.717, 1.165) is 12.8 Å². The lowest BCUT2D eigenvalue weighted by Crippen LogP contribution is -2.45. The molecule has 0 heterocycles. The average Bonchev–Trinajstić information content (AvgIpc) is 2.67. The summed E-state index contributed by atoms with van der Waals surface area (Å²) in [5, 5.41) is 8.79. The van der Waals surface area contributed by atoms with E-state index in [2.05, 4.69) is 6.07 Å². The normalized spacial score (nSPS) is 23.9. The van der Waals surface area contributed by atoms with Crippen molar-refractivity contribution in [2.45, 2.75) is 32.2 Å². The third-order valence-electron chi connectivity index (χ3n) is 2.40. The van der Waals surface area contributed by atoms with Crippen molar-refractivity contribution in [1.82, 2.24) is 0 Å². The first kappa shape index (κ1) is 7.56. The standard InChI is InChI=1S/C8H14N2/c1-6(2)8(10,5-9)7-3-4-7/h6-7H,3-4,10H2,1-2H3. The van der Waals surface area contributed by atoms with Crippen molar-refractivity contribution in [3.05, 3.63) is 0 Å². The highest BCUT2D eigenvalue weighted by Crippen LogP contribution is 2.41. The van der Waals surface area contributed by atoms with Crippen LogP contribution in [0.1, 0.15) is 26.7 Å². The van der Waals surface area contributed by atoms with Crippen molar-refractivity contribution in [3.63, 3.8) is 0 Å². The molecule has 0 radical (unpaired) electrons. The minimum absolute atomic E-state index is 0.282. The molecule has 0 amide bonds. The van der Waals surface area contributed by atoms with Gasteiger partial charge in [-0.25, -0.2) is 0 Å². The van der Waals surface area contributed by atoms with Crippen molar-refractivity contribution in [2.75, 3.05) is 0 Å². The van der Waals surface area contributed by atoms with E-state index < -0.39 is 5.54 Å². The van der Waals surface area contributed by atoms with Gasteiger partial charge < -0.3 is 5.73 Å². The van der Waals surface area contributed by atoms with Gasteiger partial charge in [0.05, 0.1) is 6.07 Å². The zero-order chi connectivity index (χ0) is 7.78. The highest BCUT2D eigenvalue weighted by molar-refractivity contribution is 5.14. The smallest absolute Gasteiger partial charge is 0.109 e. The summed E-state index contributed by atoms with van der Waals surface area (Å²) in [5.74, 6) is 0.752. The number of hydrogen-bond donors (Lipinski definition) is 1. The van der Waals surface area contributed by atoms with Crippen LogP contribution in [0.25, 0.3) is 0 Å². The van der Waals surface area contributed by atoms with Crippen LogP contribution in [0.4, 0.5) is 0 Å². The van der Waals surface area contributed by atoms with Crippen LogP contribution in [0, 0.1) is 23.2 Å². The molecule has 1 aliphatic carbocycles. The van der Waals surface area contributed by atoms with Gasteiger partial charge in [-0.05, 0) is 24.7 Å². The molecule has 1 rings (SSSR count). The Morgan fingerprint density at radius 2 is 2.10 bits per heavy atom. The summed E-state index contributed by atoms with van der Waals surface area (Å²) in [7, 11) is 0. The lowest BCUT2D eigenvalue weighted by molar-refractivity contribution is 0.350. The van der Waals surface area contributed by atoms with Crippen LogP contribution < -0.4 is 5.73 Å². The molecule has 56 valence electrons. The van der Waals surface area contributed by atoms with Crippen molar-refractivity contribution in [3.8, 4) is 6.07 Å². The maximum absolute atomic E-state index is 8.79. The van der Waals surface area contributed by atoms with Crippen LogP contribution in [-0.4, -0.2) is 5.54 Å². The number of nitriles is 1. The SMILES string of the molecule is CC(C)C(N)(C#N)C1CC1. The van der Waals surface area contributed by atoms with E-state index in [9.17, 15) is 0 Å². The molecule has 2 N–H and O–H groups in total. The molecule has 1 atom stereocenters. The van der Waals surface area contributed by atoms with Crippen molar-refractivity contribution in [2.24, 2.45) is 17.6 Å². The molecule has 1 aliphatic rings. The van der Waals surface area contributed by atoms with Gasteiger partial charge in [-0.1, -0.05) is 13.8 Å². The number of nitrogens with zero attached hydrogens (tertiary/aromatic N) is 1. The first-order valence-electron chi connectivity index (χ1n) is 3.81. The molecule has 2 nitrogen and oxygen atoms in total. The topological polar surface area (TPSA) is 49.8 Å². The van der Waals surface area contributed by atoms with Crippen molar-refractivity contribution in [1.29, 1.82) is 5.26 Å². The maximum Gasteiger partial charge on any atom is 0.109 e. The first-order chi connectivity index (χ1) is 4.61. The summed E-state index contributed by atoms with van der Waals surface area (Å²) in [6, 6.07) is 2.22. The number of nitrogens with two attached hydrogens (primary N) is 1. The lowest BCUT2D eigenvalue weighted by atomic mass is 9.84. The maximum atomic E-state index is 8.79. The van der Waals surface area contributed by atoms with Crippen molar-refractivity contribution >= 4 is 0 Å². The van der Waals surface area contributed by atoms with Gasteiger partial charge in [0.2, 0.25) is 0 Å². The Hall–Kier alpha value is -0.550. The molecular weight excluding hydrogens is 124 g/mol. The molecule has 1 fully saturated rings. The quantitative estimate of drug-likeness (QED) is 0.624. The van der Waals surface area contributed by atoms with E-state index >= 15 is 0 Å². The van der Waals surface area contributed by atoms with Crippen LogP contribution in [0.15, 0.2) is 0 Å². The van der Waals surface area contributed by atoms with E-state index in [1.807, 2.05) is 13.8 Å². The summed E-state index contributed by atoms with van der Waals surface area (Å²) in [6.07, 6.45) is 2.28. The van der Waals surface area contributed by atoms with Gasteiger partial charge in [0.15, 0.2) is 0 Å². The van der Waals surface area contributed by atoms with E-state index in [1.54, 1.807) is 0 Å². The Morgan fingerprint density at radius 3 is 2.20 bits per heavy atom. The van der Waals surface area contributed by atoms with Gasteiger partial charge >= 0.3 is 0 Å². The molecule has 2 heteroatoms. The van der Waals surface area contributed by atoms with E-state index in [4.69, 9.17) is 11.0 Å². The lowest BCUT2D eigenvalue weighted by Gasteiger charge is -2.25. The summed E-state index contributed by atoms with van der Waals surface area (Å²) in [5.41, 5.74) is 5.34. The first-order valence-corrected chi connectivity index (χ1v) is 3.81. The Labute approximate surface area is 62.0 Å². The molecule has 0 aromatic heterocycles. The van der Waals surface area contributed by atoms with Gasteiger partial charge in [-0.3, -0.25) is 0 Å². The fourth-order valence-electron chi connectivity index (χ4n) is 1.25. The van der Waals surface area contributed by atoms with Crippen LogP contribution in [0.3, 0.4) is 0 Å². The number of hydrogen-bond acceptors (Lipinski definition) is 2. The molecule has 1 unspecified atom stereocenters. The molecule has 0 aliphatic heterocycles. The Balaban J connectivity index is 2.68. The highest BCUT2D eigenvalue weighted by Gasteiger charge is 2.44. The second-order valence-electron chi connectivity index (χ2n) is 3.47. The fourth-order valence-corrected chi connectivity index (χ4v) is 1.25. The molecule has 0 bridgehead atoms. The van der Waals surface area contributed by atoms with Crippen LogP contribution >= 0.6 is 0 Å². The third-order valence-corrected chi connectivity index (χ3v) is 2.40. The largest absolute Gasteiger partial charge is 0.313 e. The van der Waals surface area contributed by atoms with E-state index in [-0.39, 0.29) is 5.92 Å². The molecule has 0 saturated heterocycles. The summed E-state index contributed by atoms with van der Waals surface area (Å²) in [6.45, 7) is 4.03. The van der Waals surface area contributed by atoms with Gasteiger partial charge in [0.25, 0.3) is 0 Å². The van der Waals surface area contributed by atoms with E-state index in [1.165, 1.54) is 0 Å². The van der Waals surface area contributed by atoms with Crippen LogP contribution in [-0.2, 0) is 0 Å². The van der Waals surface area contributed by atoms with Gasteiger partial charge in [0, 0.05) is 0 Å². The molecule has 1 saturated carbocycles. The zero-order valence-electron chi connectivity index (χ0n) is 6.59. The summed E-state index contributed by atoms with van der Waals surface area (Å²) >= 11 is 0. The Bertz CT molecular complexity index is 161. The average molecular weight is 138 g/mol. The minimum atomic E-state index is -0.542. The zero-order valence-corrected chi connectivity index (χ0v) is 6.59. The second-order valence-corrected chi connectivity index (χ2v) is 3.47. The monoisotopic (exact) mass is 138 g/mol.